The zero-order chi connectivity index (χ0) is 18.7. The Kier molecular flexibility index (Phi) is 5.61. The van der Waals surface area contributed by atoms with Gasteiger partial charge >= 0.3 is 6.03 Å². The maximum absolute atomic E-state index is 12.9. The molecule has 0 radical (unpaired) electrons. The van der Waals surface area contributed by atoms with Crippen LogP contribution in [0, 0.1) is 0 Å². The molecule has 3 rings (SSSR count). The van der Waals surface area contributed by atoms with Gasteiger partial charge in [0.2, 0.25) is 5.91 Å². The van der Waals surface area contributed by atoms with Gasteiger partial charge in [-0.1, -0.05) is 52.3 Å². The summed E-state index contributed by atoms with van der Waals surface area (Å²) >= 11 is 3.39. The van der Waals surface area contributed by atoms with Gasteiger partial charge in [-0.05, 0) is 41.7 Å². The molecule has 0 saturated carbocycles. The minimum Gasteiger partial charge on any atom is -0.352 e. The molecule has 0 heterocycles. The van der Waals surface area contributed by atoms with Gasteiger partial charge in [-0.15, -0.1) is 0 Å². The molecule has 26 heavy (non-hydrogen) atoms. The number of amides is 3. The standard InChI is InChI=1S/C20H22BrN3O2/c1-24(18-11-8-13-4-2-3-5-16(13)18)19(25)12-17(23-20(22)26)14-6-9-15(21)10-7-14/h2-7,9-10,17-18H,8,11-12H2,1H3,(H3,22,23,26)/t17-,18+/m1/s1. The fourth-order valence-electron chi connectivity index (χ4n) is 3.55. The number of nitrogens with zero attached hydrogens (tertiary/aromatic N) is 1. The maximum Gasteiger partial charge on any atom is 0.312 e. The summed E-state index contributed by atoms with van der Waals surface area (Å²) in [5, 5.41) is 2.69. The number of aryl methyl sites for hydroxylation is 1. The number of primary amides is 1. The van der Waals surface area contributed by atoms with E-state index in [0.29, 0.717) is 0 Å². The smallest absolute Gasteiger partial charge is 0.312 e. The van der Waals surface area contributed by atoms with Crippen LogP contribution in [0.15, 0.2) is 53.0 Å². The number of halogens is 1. The molecule has 0 saturated heterocycles. The van der Waals surface area contributed by atoms with E-state index < -0.39 is 12.1 Å². The second-order valence-corrected chi connectivity index (χ2v) is 7.49. The van der Waals surface area contributed by atoms with Crippen LogP contribution < -0.4 is 11.1 Å². The van der Waals surface area contributed by atoms with Gasteiger partial charge in [0.1, 0.15) is 0 Å². The number of carbonyl (C=O) groups is 2. The normalized spacial score (nSPS) is 16.6. The van der Waals surface area contributed by atoms with Crippen molar-refractivity contribution in [1.29, 1.82) is 0 Å². The van der Waals surface area contributed by atoms with E-state index in [2.05, 4.69) is 33.4 Å². The molecule has 3 N–H and O–H groups in total. The lowest BCUT2D eigenvalue weighted by atomic mass is 10.0. The van der Waals surface area contributed by atoms with E-state index in [4.69, 9.17) is 5.73 Å². The molecule has 6 heteroatoms. The van der Waals surface area contributed by atoms with Crippen molar-refractivity contribution in [3.8, 4) is 0 Å². The van der Waals surface area contributed by atoms with Crippen LogP contribution in [0.1, 0.15) is 41.6 Å². The van der Waals surface area contributed by atoms with Gasteiger partial charge < -0.3 is 16.0 Å². The average molecular weight is 416 g/mol. The fraction of sp³-hybridized carbons (Fsp3) is 0.300. The van der Waals surface area contributed by atoms with Crippen LogP contribution in [0.25, 0.3) is 0 Å². The van der Waals surface area contributed by atoms with E-state index in [0.717, 1.165) is 22.9 Å². The number of benzene rings is 2. The lowest BCUT2D eigenvalue weighted by molar-refractivity contribution is -0.132. The lowest BCUT2D eigenvalue weighted by Gasteiger charge is -2.28. The summed E-state index contributed by atoms with van der Waals surface area (Å²) in [4.78, 5) is 26.1. The summed E-state index contributed by atoms with van der Waals surface area (Å²) in [5.41, 5.74) is 8.68. The van der Waals surface area contributed by atoms with Crippen molar-refractivity contribution in [3.05, 3.63) is 69.7 Å². The SMILES string of the molecule is CN(C(=O)C[C@@H](NC(N)=O)c1ccc(Br)cc1)[C@H]1CCc2ccccc21. The molecular weight excluding hydrogens is 394 g/mol. The summed E-state index contributed by atoms with van der Waals surface area (Å²) in [6, 6.07) is 14.8. The highest BCUT2D eigenvalue weighted by molar-refractivity contribution is 9.10. The predicted molar refractivity (Wildman–Crippen MR) is 104 cm³/mol. The van der Waals surface area contributed by atoms with Crippen LogP contribution in [-0.2, 0) is 11.2 Å². The highest BCUT2D eigenvalue weighted by Crippen LogP contribution is 2.35. The van der Waals surface area contributed by atoms with Crippen LogP contribution in [0.3, 0.4) is 0 Å². The Hall–Kier alpha value is -2.34. The first-order valence-corrected chi connectivity index (χ1v) is 9.40. The summed E-state index contributed by atoms with van der Waals surface area (Å²) in [7, 11) is 1.83. The van der Waals surface area contributed by atoms with Gasteiger partial charge in [0.25, 0.3) is 0 Å². The molecule has 1 aliphatic carbocycles. The second-order valence-electron chi connectivity index (χ2n) is 6.57. The number of fused-ring (bicyclic) bond motifs is 1. The van der Waals surface area contributed by atoms with Crippen molar-refractivity contribution in [3.63, 3.8) is 0 Å². The van der Waals surface area contributed by atoms with Crippen molar-refractivity contribution < 1.29 is 9.59 Å². The number of hydrogen-bond acceptors (Lipinski definition) is 2. The predicted octanol–water partition coefficient (Wildman–Crippen LogP) is 3.69. The first kappa shape index (κ1) is 18.5. The third-order valence-corrected chi connectivity index (χ3v) is 5.46. The van der Waals surface area contributed by atoms with Gasteiger partial charge in [0.05, 0.1) is 18.5 Å². The summed E-state index contributed by atoms with van der Waals surface area (Å²) < 4.78 is 0.935. The van der Waals surface area contributed by atoms with Crippen molar-refractivity contribution >= 4 is 27.9 Å². The van der Waals surface area contributed by atoms with Crippen molar-refractivity contribution in [2.75, 3.05) is 7.05 Å². The number of rotatable bonds is 5. The number of urea groups is 1. The topological polar surface area (TPSA) is 75.4 Å². The molecule has 2 aromatic carbocycles. The maximum atomic E-state index is 12.9. The lowest BCUT2D eigenvalue weighted by Crippen LogP contribution is -2.38. The van der Waals surface area contributed by atoms with Gasteiger partial charge in [-0.25, -0.2) is 4.79 Å². The minimum atomic E-state index is -0.639. The largest absolute Gasteiger partial charge is 0.352 e. The highest BCUT2D eigenvalue weighted by atomic mass is 79.9. The summed E-state index contributed by atoms with van der Waals surface area (Å²) in [5.74, 6) is -0.0200. The molecule has 5 nitrogen and oxygen atoms in total. The van der Waals surface area contributed by atoms with E-state index in [9.17, 15) is 9.59 Å². The molecule has 1 aliphatic rings. The van der Waals surface area contributed by atoms with Crippen LogP contribution in [0.5, 0.6) is 0 Å². The molecule has 2 aromatic rings. The van der Waals surface area contributed by atoms with Crippen LogP contribution >= 0.6 is 15.9 Å². The monoisotopic (exact) mass is 415 g/mol. The first-order chi connectivity index (χ1) is 12.5. The molecule has 0 unspecified atom stereocenters. The molecule has 0 spiro atoms. The van der Waals surface area contributed by atoms with Crippen LogP contribution in [0.4, 0.5) is 4.79 Å². The second kappa shape index (κ2) is 7.91. The Balaban J connectivity index is 1.75. The average Bonchev–Trinajstić information content (AvgIpc) is 3.04. The Bertz CT molecular complexity index is 807. The van der Waals surface area contributed by atoms with E-state index in [1.54, 1.807) is 4.90 Å². The Labute approximate surface area is 161 Å². The van der Waals surface area contributed by atoms with E-state index in [-0.39, 0.29) is 18.4 Å². The molecule has 0 aromatic heterocycles. The Morgan fingerprint density at radius 3 is 2.62 bits per heavy atom. The fourth-order valence-corrected chi connectivity index (χ4v) is 3.81. The number of nitrogens with two attached hydrogens (primary N) is 1. The quantitative estimate of drug-likeness (QED) is 0.780. The van der Waals surface area contributed by atoms with E-state index in [1.807, 2.05) is 43.4 Å². The van der Waals surface area contributed by atoms with Crippen molar-refractivity contribution in [2.24, 2.45) is 5.73 Å². The molecule has 136 valence electrons. The minimum absolute atomic E-state index is 0.0200. The number of nitrogens with one attached hydrogen (secondary N) is 1. The van der Waals surface area contributed by atoms with Gasteiger partial charge in [-0.3, -0.25) is 4.79 Å². The molecular formula is C20H22BrN3O2. The highest BCUT2D eigenvalue weighted by Gasteiger charge is 2.29. The summed E-state index contributed by atoms with van der Waals surface area (Å²) in [6.07, 6.45) is 2.07. The van der Waals surface area contributed by atoms with Gasteiger partial charge in [0.15, 0.2) is 0 Å². The third kappa shape index (κ3) is 4.07. The zero-order valence-electron chi connectivity index (χ0n) is 14.6. The number of carbonyl (C=O) groups excluding carboxylic acids is 2. The molecule has 0 aliphatic heterocycles. The first-order valence-electron chi connectivity index (χ1n) is 8.60. The Morgan fingerprint density at radius 1 is 1.23 bits per heavy atom. The van der Waals surface area contributed by atoms with Crippen molar-refractivity contribution in [1.82, 2.24) is 10.2 Å². The molecule has 0 fully saturated rings. The number of hydrogen-bond donors (Lipinski definition) is 2. The van der Waals surface area contributed by atoms with E-state index in [1.165, 1.54) is 11.1 Å². The Morgan fingerprint density at radius 2 is 1.92 bits per heavy atom. The third-order valence-electron chi connectivity index (χ3n) is 4.93. The van der Waals surface area contributed by atoms with Crippen LogP contribution in [-0.4, -0.2) is 23.9 Å². The molecule has 2 atom stereocenters. The van der Waals surface area contributed by atoms with Crippen LogP contribution in [0.2, 0.25) is 0 Å². The van der Waals surface area contributed by atoms with Gasteiger partial charge in [-0.2, -0.15) is 0 Å². The van der Waals surface area contributed by atoms with Crippen molar-refractivity contribution in [2.45, 2.75) is 31.3 Å². The summed E-state index contributed by atoms with van der Waals surface area (Å²) in [6.45, 7) is 0. The zero-order valence-corrected chi connectivity index (χ0v) is 16.2. The molecule has 3 amide bonds. The van der Waals surface area contributed by atoms with E-state index >= 15 is 0 Å². The molecule has 0 bridgehead atoms. The van der Waals surface area contributed by atoms with Gasteiger partial charge in [0, 0.05) is 11.5 Å².